The molecule has 6 nitrogen and oxygen atoms in total. The summed E-state index contributed by atoms with van der Waals surface area (Å²) in [6.07, 6.45) is 2.25. The average Bonchev–Trinajstić information content (AvgIpc) is 3.31. The molecule has 1 atom stereocenters. The number of methoxy groups -OCH3 is 1. The fraction of sp³-hybridized carbons (Fsp3) is 0.304. The van der Waals surface area contributed by atoms with Crippen molar-refractivity contribution < 1.29 is 14.3 Å². The summed E-state index contributed by atoms with van der Waals surface area (Å²) in [5, 5.41) is 4.03. The van der Waals surface area contributed by atoms with Crippen LogP contribution in [0.25, 0.3) is 10.9 Å². The lowest BCUT2D eigenvalue weighted by molar-refractivity contribution is -0.128. The number of aromatic nitrogens is 1. The molecule has 1 aromatic heterocycles. The number of hydrogen-bond donors (Lipinski definition) is 1. The van der Waals surface area contributed by atoms with Crippen molar-refractivity contribution >= 4 is 28.4 Å². The molecule has 6 heteroatoms. The first kappa shape index (κ1) is 19.2. The summed E-state index contributed by atoms with van der Waals surface area (Å²) in [5.74, 6) is -0.416. The first-order chi connectivity index (χ1) is 14.2. The van der Waals surface area contributed by atoms with E-state index in [0.29, 0.717) is 19.7 Å². The van der Waals surface area contributed by atoms with E-state index in [9.17, 15) is 9.59 Å². The van der Waals surface area contributed by atoms with Crippen LogP contribution in [-0.2, 0) is 27.4 Å². The zero-order chi connectivity index (χ0) is 20.2. The minimum Gasteiger partial charge on any atom is -0.383 e. The quantitative estimate of drug-likeness (QED) is 0.672. The standard InChI is InChI=1S/C23H25N3O3/c1-29-13-12-25-11-10-19-20(8-5-9-21(19)25)24-23(28)18-14-22(27)26(16-18)15-17-6-3-2-4-7-17/h2-11,18H,12-16H2,1H3,(H,24,28)/t18-/m1/s1. The van der Waals surface area contributed by atoms with E-state index in [1.807, 2.05) is 60.8 Å². The van der Waals surface area contributed by atoms with Crippen LogP contribution in [0.5, 0.6) is 0 Å². The Morgan fingerprint density at radius 3 is 2.76 bits per heavy atom. The van der Waals surface area contributed by atoms with Gasteiger partial charge >= 0.3 is 0 Å². The average molecular weight is 391 g/mol. The molecule has 2 aromatic carbocycles. The number of nitrogens with one attached hydrogen (secondary N) is 1. The Morgan fingerprint density at radius 2 is 1.97 bits per heavy atom. The van der Waals surface area contributed by atoms with Crippen molar-refractivity contribution in [3.05, 3.63) is 66.4 Å². The second-order valence-electron chi connectivity index (χ2n) is 7.39. The fourth-order valence-corrected chi connectivity index (χ4v) is 3.86. The summed E-state index contributed by atoms with van der Waals surface area (Å²) in [6.45, 7) is 2.37. The van der Waals surface area contributed by atoms with Gasteiger partial charge in [0.1, 0.15) is 0 Å². The predicted molar refractivity (Wildman–Crippen MR) is 112 cm³/mol. The molecule has 1 aliphatic heterocycles. The molecule has 4 rings (SSSR count). The van der Waals surface area contributed by atoms with Crippen molar-refractivity contribution in [2.24, 2.45) is 5.92 Å². The highest BCUT2D eigenvalue weighted by molar-refractivity contribution is 6.03. The number of carbonyl (C=O) groups is 2. The number of hydrogen-bond acceptors (Lipinski definition) is 3. The highest BCUT2D eigenvalue weighted by atomic mass is 16.5. The molecule has 1 fully saturated rings. The van der Waals surface area contributed by atoms with Gasteiger partial charge in [-0.2, -0.15) is 0 Å². The molecule has 3 aromatic rings. The van der Waals surface area contributed by atoms with E-state index >= 15 is 0 Å². The Morgan fingerprint density at radius 1 is 1.14 bits per heavy atom. The second kappa shape index (κ2) is 8.49. The molecule has 1 N–H and O–H groups in total. The van der Waals surface area contributed by atoms with Crippen LogP contribution in [0.3, 0.4) is 0 Å². The molecule has 0 unspecified atom stereocenters. The number of carbonyl (C=O) groups excluding carboxylic acids is 2. The van der Waals surface area contributed by atoms with Crippen LogP contribution in [0.2, 0.25) is 0 Å². The van der Waals surface area contributed by atoms with E-state index in [1.165, 1.54) is 0 Å². The Kier molecular flexibility index (Phi) is 5.62. The van der Waals surface area contributed by atoms with Crippen molar-refractivity contribution in [1.82, 2.24) is 9.47 Å². The van der Waals surface area contributed by atoms with Crippen molar-refractivity contribution in [3.63, 3.8) is 0 Å². The summed E-state index contributed by atoms with van der Waals surface area (Å²) in [4.78, 5) is 27.0. The van der Waals surface area contributed by atoms with Gasteiger partial charge in [-0.3, -0.25) is 9.59 Å². The number of rotatable bonds is 7. The first-order valence-electron chi connectivity index (χ1n) is 9.85. The predicted octanol–water partition coefficient (Wildman–Crippen LogP) is 3.27. The van der Waals surface area contributed by atoms with Gasteiger partial charge in [-0.15, -0.1) is 0 Å². The monoisotopic (exact) mass is 391 g/mol. The number of ether oxygens (including phenoxy) is 1. The number of fused-ring (bicyclic) bond motifs is 1. The van der Waals surface area contributed by atoms with Gasteiger partial charge in [0.15, 0.2) is 0 Å². The van der Waals surface area contributed by atoms with Crippen LogP contribution >= 0.6 is 0 Å². The van der Waals surface area contributed by atoms with E-state index in [4.69, 9.17) is 4.74 Å². The van der Waals surface area contributed by atoms with Gasteiger partial charge in [-0.1, -0.05) is 36.4 Å². The molecule has 1 saturated heterocycles. The summed E-state index contributed by atoms with van der Waals surface area (Å²) < 4.78 is 7.27. The van der Waals surface area contributed by atoms with Gasteiger partial charge in [0.25, 0.3) is 0 Å². The van der Waals surface area contributed by atoms with E-state index in [2.05, 4.69) is 9.88 Å². The molecule has 0 bridgehead atoms. The number of anilines is 1. The van der Waals surface area contributed by atoms with Crippen molar-refractivity contribution in [2.45, 2.75) is 19.5 Å². The Bertz CT molecular complexity index is 1010. The zero-order valence-electron chi connectivity index (χ0n) is 16.5. The first-order valence-corrected chi connectivity index (χ1v) is 9.85. The molecule has 0 spiro atoms. The third-order valence-corrected chi connectivity index (χ3v) is 5.41. The summed E-state index contributed by atoms with van der Waals surface area (Å²) in [6, 6.07) is 17.7. The summed E-state index contributed by atoms with van der Waals surface area (Å²) in [5.41, 5.74) is 2.90. The SMILES string of the molecule is COCCn1ccc2c(NC(=O)[C@@H]3CC(=O)N(Cc4ccccc4)C3)cccc21. The third kappa shape index (κ3) is 4.17. The minimum atomic E-state index is -0.336. The minimum absolute atomic E-state index is 0.0259. The summed E-state index contributed by atoms with van der Waals surface area (Å²) >= 11 is 0. The molecule has 1 aliphatic rings. The van der Waals surface area contributed by atoms with Crippen molar-refractivity contribution in [1.29, 1.82) is 0 Å². The van der Waals surface area contributed by atoms with Gasteiger partial charge < -0.3 is 19.5 Å². The second-order valence-corrected chi connectivity index (χ2v) is 7.39. The molecular weight excluding hydrogens is 366 g/mol. The van der Waals surface area contributed by atoms with Crippen LogP contribution in [0, 0.1) is 5.92 Å². The maximum Gasteiger partial charge on any atom is 0.229 e. The molecular formula is C23H25N3O3. The lowest BCUT2D eigenvalue weighted by atomic mass is 10.1. The number of benzene rings is 2. The highest BCUT2D eigenvalue weighted by Crippen LogP contribution is 2.27. The van der Waals surface area contributed by atoms with Crippen molar-refractivity contribution in [2.75, 3.05) is 25.6 Å². The fourth-order valence-electron chi connectivity index (χ4n) is 3.86. The van der Waals surface area contributed by atoms with E-state index in [-0.39, 0.29) is 24.2 Å². The summed E-state index contributed by atoms with van der Waals surface area (Å²) in [7, 11) is 1.68. The maximum absolute atomic E-state index is 12.9. The number of nitrogens with zero attached hydrogens (tertiary/aromatic N) is 2. The van der Waals surface area contributed by atoms with Gasteiger partial charge in [0.2, 0.25) is 11.8 Å². The van der Waals surface area contributed by atoms with Crippen LogP contribution in [-0.4, -0.2) is 41.5 Å². The molecule has 2 heterocycles. The maximum atomic E-state index is 12.9. The third-order valence-electron chi connectivity index (χ3n) is 5.41. The van der Waals surface area contributed by atoms with Crippen LogP contribution in [0.4, 0.5) is 5.69 Å². The van der Waals surface area contributed by atoms with Crippen LogP contribution in [0.15, 0.2) is 60.8 Å². The van der Waals surface area contributed by atoms with Gasteiger partial charge in [-0.25, -0.2) is 0 Å². The van der Waals surface area contributed by atoms with E-state index in [0.717, 1.165) is 28.7 Å². The Labute approximate surface area is 170 Å². The Balaban J connectivity index is 1.44. The largest absolute Gasteiger partial charge is 0.383 e. The van der Waals surface area contributed by atoms with E-state index < -0.39 is 0 Å². The lowest BCUT2D eigenvalue weighted by Gasteiger charge is -2.17. The normalized spacial score (nSPS) is 16.5. The lowest BCUT2D eigenvalue weighted by Crippen LogP contribution is -2.28. The van der Waals surface area contributed by atoms with Gasteiger partial charge in [0.05, 0.1) is 23.7 Å². The molecule has 29 heavy (non-hydrogen) atoms. The van der Waals surface area contributed by atoms with Crippen LogP contribution in [0.1, 0.15) is 12.0 Å². The highest BCUT2D eigenvalue weighted by Gasteiger charge is 2.34. The molecule has 2 amide bonds. The van der Waals surface area contributed by atoms with Crippen LogP contribution < -0.4 is 5.32 Å². The van der Waals surface area contributed by atoms with Gasteiger partial charge in [0, 0.05) is 44.7 Å². The number of amides is 2. The van der Waals surface area contributed by atoms with Crippen molar-refractivity contribution in [3.8, 4) is 0 Å². The Hall–Kier alpha value is -3.12. The topological polar surface area (TPSA) is 63.6 Å². The molecule has 0 saturated carbocycles. The van der Waals surface area contributed by atoms with Gasteiger partial charge in [-0.05, 0) is 23.8 Å². The zero-order valence-corrected chi connectivity index (χ0v) is 16.5. The molecule has 0 radical (unpaired) electrons. The smallest absolute Gasteiger partial charge is 0.229 e. The molecule has 0 aliphatic carbocycles. The number of likely N-dealkylation sites (tertiary alicyclic amines) is 1. The van der Waals surface area contributed by atoms with E-state index in [1.54, 1.807) is 12.0 Å². The molecule has 150 valence electrons.